The molecule has 0 unspecified atom stereocenters. The second kappa shape index (κ2) is 6.26. The van der Waals surface area contributed by atoms with E-state index in [0.717, 1.165) is 48.9 Å². The summed E-state index contributed by atoms with van der Waals surface area (Å²) in [4.78, 5) is 5.60. The molecule has 3 rings (SSSR count). The molecule has 0 N–H and O–H groups in total. The summed E-state index contributed by atoms with van der Waals surface area (Å²) in [7, 11) is 3.28. The van der Waals surface area contributed by atoms with Gasteiger partial charge in [0.05, 0.1) is 14.2 Å². The van der Waals surface area contributed by atoms with Gasteiger partial charge in [0.25, 0.3) is 0 Å². The van der Waals surface area contributed by atoms with Crippen molar-refractivity contribution in [1.29, 1.82) is 5.26 Å². The lowest BCUT2D eigenvalue weighted by atomic mass is 10.2. The Kier molecular flexibility index (Phi) is 4.18. The van der Waals surface area contributed by atoms with Crippen LogP contribution in [0.2, 0.25) is 0 Å². The van der Waals surface area contributed by atoms with E-state index < -0.39 is 0 Å². The van der Waals surface area contributed by atoms with Crippen LogP contribution in [0.5, 0.6) is 11.5 Å². The number of methoxy groups -OCH3 is 2. The van der Waals surface area contributed by atoms with Crippen molar-refractivity contribution < 1.29 is 9.47 Å². The molecule has 0 saturated carbocycles. The smallest absolute Gasteiger partial charge is 0.146 e. The molecular formula is C16H12N2O2S2. The number of thioether (sulfide) groups is 1. The van der Waals surface area contributed by atoms with Crippen LogP contribution in [0.4, 0.5) is 0 Å². The molecule has 0 spiro atoms. The van der Waals surface area contributed by atoms with Gasteiger partial charge in [-0.1, -0.05) is 12.1 Å². The summed E-state index contributed by atoms with van der Waals surface area (Å²) in [6.07, 6.45) is 0. The number of nitriles is 1. The Morgan fingerprint density at radius 1 is 1.05 bits per heavy atom. The van der Waals surface area contributed by atoms with Crippen molar-refractivity contribution in [3.8, 4) is 27.5 Å². The van der Waals surface area contributed by atoms with Crippen molar-refractivity contribution >= 4 is 33.3 Å². The van der Waals surface area contributed by atoms with E-state index in [1.807, 2.05) is 36.4 Å². The van der Waals surface area contributed by atoms with Crippen molar-refractivity contribution in [3.63, 3.8) is 0 Å². The van der Waals surface area contributed by atoms with Gasteiger partial charge in [-0.05, 0) is 36.0 Å². The predicted octanol–water partition coefficient (Wildman–Crippen LogP) is 4.55. The van der Waals surface area contributed by atoms with E-state index in [4.69, 9.17) is 14.7 Å². The molecular weight excluding hydrogens is 316 g/mol. The number of ether oxygens (including phenoxy) is 2. The molecule has 0 bridgehead atoms. The van der Waals surface area contributed by atoms with E-state index in [1.165, 1.54) is 0 Å². The van der Waals surface area contributed by atoms with Crippen LogP contribution in [0.25, 0.3) is 20.8 Å². The fourth-order valence-corrected chi connectivity index (χ4v) is 3.58. The third-order valence-electron chi connectivity index (χ3n) is 3.18. The van der Waals surface area contributed by atoms with Gasteiger partial charge in [0.1, 0.15) is 32.1 Å². The Balaban J connectivity index is 2.10. The highest BCUT2D eigenvalue weighted by molar-refractivity contribution is 8.03. The number of fused-ring (bicyclic) bond motifs is 1. The molecule has 0 aliphatic rings. The molecule has 0 aliphatic carbocycles. The van der Waals surface area contributed by atoms with E-state index >= 15 is 0 Å². The van der Waals surface area contributed by atoms with Gasteiger partial charge in [0, 0.05) is 10.5 Å². The van der Waals surface area contributed by atoms with Crippen molar-refractivity contribution in [2.24, 2.45) is 0 Å². The van der Waals surface area contributed by atoms with Crippen molar-refractivity contribution in [2.75, 3.05) is 14.2 Å². The molecule has 1 aromatic heterocycles. The highest BCUT2D eigenvalue weighted by atomic mass is 32.2. The number of hydrogen-bond donors (Lipinski definition) is 0. The normalized spacial score (nSPS) is 10.4. The lowest BCUT2D eigenvalue weighted by molar-refractivity contribution is 0.410. The fourth-order valence-electron chi connectivity index (χ4n) is 2.13. The molecule has 6 heteroatoms. The molecule has 0 radical (unpaired) electrons. The lowest BCUT2D eigenvalue weighted by Gasteiger charge is -2.03. The van der Waals surface area contributed by atoms with Crippen LogP contribution in [0.1, 0.15) is 0 Å². The summed E-state index contributed by atoms with van der Waals surface area (Å²) in [5.74, 6) is 1.52. The number of hydrogen-bond acceptors (Lipinski definition) is 6. The maximum atomic E-state index is 8.69. The lowest BCUT2D eigenvalue weighted by Crippen LogP contribution is -1.87. The van der Waals surface area contributed by atoms with E-state index in [-0.39, 0.29) is 0 Å². The maximum absolute atomic E-state index is 8.69. The number of aromatic nitrogens is 1. The topological polar surface area (TPSA) is 55.1 Å². The number of thiazole rings is 1. The van der Waals surface area contributed by atoms with E-state index in [2.05, 4.69) is 10.4 Å². The number of thiocyanates is 1. The summed E-state index contributed by atoms with van der Waals surface area (Å²) < 4.78 is 11.7. The monoisotopic (exact) mass is 328 g/mol. The number of nitrogens with zero attached hydrogens (tertiary/aromatic N) is 2. The minimum Gasteiger partial charge on any atom is -0.495 e. The first-order valence-corrected chi connectivity index (χ1v) is 8.08. The van der Waals surface area contributed by atoms with Gasteiger partial charge in [-0.15, -0.1) is 11.3 Å². The van der Waals surface area contributed by atoms with Gasteiger partial charge in [0.2, 0.25) is 0 Å². The third-order valence-corrected chi connectivity index (χ3v) is 4.89. The van der Waals surface area contributed by atoms with Crippen LogP contribution >= 0.6 is 23.1 Å². The van der Waals surface area contributed by atoms with Crippen LogP contribution in [-0.4, -0.2) is 19.2 Å². The quantitative estimate of drug-likeness (QED) is 0.519. The van der Waals surface area contributed by atoms with Gasteiger partial charge >= 0.3 is 0 Å². The van der Waals surface area contributed by atoms with Crippen LogP contribution in [-0.2, 0) is 0 Å². The molecule has 4 nitrogen and oxygen atoms in total. The van der Waals surface area contributed by atoms with Gasteiger partial charge in [-0.3, -0.25) is 0 Å². The third kappa shape index (κ3) is 2.61. The average Bonchev–Trinajstić information content (AvgIpc) is 3.00. The van der Waals surface area contributed by atoms with Gasteiger partial charge in [-0.2, -0.15) is 5.26 Å². The van der Waals surface area contributed by atoms with E-state index in [1.54, 1.807) is 25.6 Å². The summed E-state index contributed by atoms with van der Waals surface area (Å²) in [6.45, 7) is 0. The molecule has 2 aromatic carbocycles. The first kappa shape index (κ1) is 14.7. The molecule has 110 valence electrons. The van der Waals surface area contributed by atoms with Crippen LogP contribution in [0.15, 0.2) is 41.3 Å². The molecule has 22 heavy (non-hydrogen) atoms. The van der Waals surface area contributed by atoms with Crippen molar-refractivity contribution in [1.82, 2.24) is 4.98 Å². The Morgan fingerprint density at radius 3 is 2.36 bits per heavy atom. The highest BCUT2D eigenvalue weighted by Gasteiger charge is 2.14. The fraction of sp³-hybridized carbons (Fsp3) is 0.125. The summed E-state index contributed by atoms with van der Waals surface area (Å²) >= 11 is 2.71. The molecule has 0 fully saturated rings. The van der Waals surface area contributed by atoms with Crippen LogP contribution in [0, 0.1) is 10.7 Å². The molecule has 0 aliphatic heterocycles. The minimum absolute atomic E-state index is 0.731. The number of rotatable bonds is 4. The maximum Gasteiger partial charge on any atom is 0.146 e. The van der Waals surface area contributed by atoms with Crippen molar-refractivity contribution in [3.05, 3.63) is 36.4 Å². The molecule has 0 atom stereocenters. The van der Waals surface area contributed by atoms with E-state index in [9.17, 15) is 0 Å². The van der Waals surface area contributed by atoms with E-state index in [0.29, 0.717) is 0 Å². The zero-order valence-corrected chi connectivity index (χ0v) is 13.6. The summed E-state index contributed by atoms with van der Waals surface area (Å²) in [5.41, 5.74) is 1.81. The van der Waals surface area contributed by atoms with Gasteiger partial charge in [-0.25, -0.2) is 4.98 Å². The zero-order valence-electron chi connectivity index (χ0n) is 12.0. The van der Waals surface area contributed by atoms with Crippen LogP contribution in [0.3, 0.4) is 0 Å². The molecule has 3 aromatic rings. The molecule has 0 saturated heterocycles. The van der Waals surface area contributed by atoms with Crippen molar-refractivity contribution in [2.45, 2.75) is 4.90 Å². The first-order chi connectivity index (χ1) is 10.8. The zero-order chi connectivity index (χ0) is 15.5. The first-order valence-electron chi connectivity index (χ1n) is 6.44. The predicted molar refractivity (Wildman–Crippen MR) is 89.6 cm³/mol. The molecule has 0 amide bonds. The largest absolute Gasteiger partial charge is 0.495 e. The Hall–Kier alpha value is -2.23. The summed E-state index contributed by atoms with van der Waals surface area (Å²) in [6, 6.07) is 11.5. The highest BCUT2D eigenvalue weighted by Crippen LogP contribution is 2.40. The summed E-state index contributed by atoms with van der Waals surface area (Å²) in [5, 5.41) is 11.7. The standard InChI is InChI=1S/C16H12N2O2S2/c1-19-12-7-8-13(20-2)15-14(12)18-16(22-15)10-3-5-11(6-4-10)21-9-17/h3-8H,1-2H3. The second-order valence-electron chi connectivity index (χ2n) is 4.38. The molecule has 1 heterocycles. The average molecular weight is 328 g/mol. The Morgan fingerprint density at radius 2 is 1.73 bits per heavy atom. The van der Waals surface area contributed by atoms with Crippen LogP contribution < -0.4 is 9.47 Å². The Bertz CT molecular complexity index is 810. The van der Waals surface area contributed by atoms with Gasteiger partial charge in [0.15, 0.2) is 0 Å². The Labute approximate surface area is 136 Å². The SMILES string of the molecule is COc1ccc(OC)c2sc(-c3ccc(SC#N)cc3)nc12. The minimum atomic E-state index is 0.731. The van der Waals surface area contributed by atoms with Gasteiger partial charge < -0.3 is 9.47 Å². The second-order valence-corrected chi connectivity index (χ2v) is 6.24. The number of benzene rings is 2.